The number of carbonyl (C=O) groups excluding carboxylic acids is 1. The largest absolute Gasteiger partial charge is 0.339 e. The van der Waals surface area contributed by atoms with E-state index in [0.29, 0.717) is 30.5 Å². The molecule has 1 aliphatic carbocycles. The number of hydrogen-bond donors (Lipinski definition) is 0. The van der Waals surface area contributed by atoms with Gasteiger partial charge in [-0.15, -0.1) is 0 Å². The SMILES string of the molecule is O=C1C[C@@H](c2nc(C3CC3)no2)CN1c1ccc(F)c(Cl)c1. The maximum Gasteiger partial charge on any atom is 0.232 e. The predicted molar refractivity (Wildman–Crippen MR) is 77.4 cm³/mol. The standard InChI is InChI=1S/C15H13ClFN3O2/c16-11-6-10(3-4-12(11)17)20-7-9(5-13(20)21)15-18-14(19-22-15)8-1-2-8/h3-4,6,8-9H,1-2,5,7H2/t9-/m1/s1. The van der Waals surface area contributed by atoms with E-state index in [1.807, 2.05) is 0 Å². The van der Waals surface area contributed by atoms with E-state index in [1.165, 1.54) is 12.1 Å². The van der Waals surface area contributed by atoms with Crippen molar-refractivity contribution in [3.8, 4) is 0 Å². The van der Waals surface area contributed by atoms with Crippen LogP contribution in [0.1, 0.15) is 42.8 Å². The molecule has 1 amide bonds. The first kappa shape index (κ1) is 13.7. The van der Waals surface area contributed by atoms with E-state index in [-0.39, 0.29) is 16.8 Å². The molecule has 2 fully saturated rings. The zero-order valence-electron chi connectivity index (χ0n) is 11.6. The van der Waals surface area contributed by atoms with Crippen LogP contribution in [0.5, 0.6) is 0 Å². The fraction of sp³-hybridized carbons (Fsp3) is 0.400. The molecule has 0 bridgehead atoms. The Bertz CT molecular complexity index is 744. The highest BCUT2D eigenvalue weighted by Gasteiger charge is 2.37. The van der Waals surface area contributed by atoms with Gasteiger partial charge in [0.2, 0.25) is 11.8 Å². The normalized spacial score (nSPS) is 21.6. The summed E-state index contributed by atoms with van der Waals surface area (Å²) in [5.41, 5.74) is 0.584. The van der Waals surface area contributed by atoms with E-state index in [0.717, 1.165) is 18.7 Å². The molecule has 1 saturated heterocycles. The van der Waals surface area contributed by atoms with E-state index >= 15 is 0 Å². The van der Waals surface area contributed by atoms with Gasteiger partial charge in [-0.3, -0.25) is 4.79 Å². The molecule has 0 N–H and O–H groups in total. The van der Waals surface area contributed by atoms with Gasteiger partial charge < -0.3 is 9.42 Å². The molecule has 1 aromatic carbocycles. The summed E-state index contributed by atoms with van der Waals surface area (Å²) in [5, 5.41) is 3.99. The van der Waals surface area contributed by atoms with Crippen molar-refractivity contribution in [1.82, 2.24) is 10.1 Å². The van der Waals surface area contributed by atoms with Crippen LogP contribution in [0, 0.1) is 5.82 Å². The fourth-order valence-corrected chi connectivity index (χ4v) is 2.87. The van der Waals surface area contributed by atoms with Crippen LogP contribution in [0.25, 0.3) is 0 Å². The number of nitrogens with zero attached hydrogens (tertiary/aromatic N) is 3. The van der Waals surface area contributed by atoms with E-state index in [2.05, 4.69) is 10.1 Å². The van der Waals surface area contributed by atoms with Crippen molar-refractivity contribution in [2.75, 3.05) is 11.4 Å². The third-order valence-corrected chi connectivity index (χ3v) is 4.38. The minimum absolute atomic E-state index is 0.00237. The molecule has 0 unspecified atom stereocenters. The van der Waals surface area contributed by atoms with Crippen molar-refractivity contribution < 1.29 is 13.7 Å². The minimum Gasteiger partial charge on any atom is -0.339 e. The van der Waals surface area contributed by atoms with Gasteiger partial charge in [-0.2, -0.15) is 4.98 Å². The van der Waals surface area contributed by atoms with Crippen LogP contribution in [0.15, 0.2) is 22.7 Å². The average molecular weight is 322 g/mol. The van der Waals surface area contributed by atoms with Crippen molar-refractivity contribution >= 4 is 23.2 Å². The molecule has 1 saturated carbocycles. The molecule has 7 heteroatoms. The summed E-state index contributed by atoms with van der Waals surface area (Å²) in [6, 6.07) is 4.27. The second kappa shape index (κ2) is 5.05. The van der Waals surface area contributed by atoms with Crippen LogP contribution in [-0.4, -0.2) is 22.6 Å². The zero-order valence-corrected chi connectivity index (χ0v) is 12.4. The van der Waals surface area contributed by atoms with Crippen LogP contribution in [0.4, 0.5) is 10.1 Å². The predicted octanol–water partition coefficient (Wildman–Crippen LogP) is 3.26. The number of aromatic nitrogens is 2. The van der Waals surface area contributed by atoms with Gasteiger partial charge in [0.25, 0.3) is 0 Å². The van der Waals surface area contributed by atoms with Gasteiger partial charge in [0.05, 0.1) is 10.9 Å². The lowest BCUT2D eigenvalue weighted by Crippen LogP contribution is -2.24. The number of carbonyl (C=O) groups is 1. The summed E-state index contributed by atoms with van der Waals surface area (Å²) in [6.07, 6.45) is 2.51. The highest BCUT2D eigenvalue weighted by atomic mass is 35.5. The number of halogens is 2. The molecule has 1 aliphatic heterocycles. The third kappa shape index (κ3) is 2.37. The summed E-state index contributed by atoms with van der Waals surface area (Å²) >= 11 is 5.78. The van der Waals surface area contributed by atoms with Crippen molar-refractivity contribution in [2.45, 2.75) is 31.1 Å². The van der Waals surface area contributed by atoms with Gasteiger partial charge in [-0.05, 0) is 31.0 Å². The quantitative estimate of drug-likeness (QED) is 0.870. The Morgan fingerprint density at radius 2 is 2.14 bits per heavy atom. The van der Waals surface area contributed by atoms with Crippen molar-refractivity contribution in [3.63, 3.8) is 0 Å². The summed E-state index contributed by atoms with van der Waals surface area (Å²) in [7, 11) is 0. The summed E-state index contributed by atoms with van der Waals surface area (Å²) in [5.74, 6) is 0.980. The Morgan fingerprint density at radius 1 is 1.32 bits per heavy atom. The lowest BCUT2D eigenvalue weighted by molar-refractivity contribution is -0.117. The average Bonchev–Trinajstić information content (AvgIpc) is 3.10. The zero-order chi connectivity index (χ0) is 15.3. The maximum absolute atomic E-state index is 13.2. The molecule has 114 valence electrons. The maximum atomic E-state index is 13.2. The molecule has 1 atom stereocenters. The van der Waals surface area contributed by atoms with Gasteiger partial charge in [0, 0.05) is 24.6 Å². The number of benzene rings is 1. The molecule has 4 rings (SSSR count). The Hall–Kier alpha value is -1.95. The van der Waals surface area contributed by atoms with Crippen LogP contribution in [0.2, 0.25) is 5.02 Å². The summed E-state index contributed by atoms with van der Waals surface area (Å²) in [4.78, 5) is 18.2. The van der Waals surface area contributed by atoms with Crippen molar-refractivity contribution in [1.29, 1.82) is 0 Å². The lowest BCUT2D eigenvalue weighted by atomic mass is 10.1. The first-order chi connectivity index (χ1) is 10.6. The Labute approximate surface area is 131 Å². The van der Waals surface area contributed by atoms with Crippen LogP contribution >= 0.6 is 11.6 Å². The number of hydrogen-bond acceptors (Lipinski definition) is 4. The number of rotatable bonds is 3. The number of anilines is 1. The van der Waals surface area contributed by atoms with Crippen LogP contribution in [0.3, 0.4) is 0 Å². The lowest BCUT2D eigenvalue weighted by Gasteiger charge is -2.16. The molecule has 0 radical (unpaired) electrons. The monoisotopic (exact) mass is 321 g/mol. The molecule has 2 heterocycles. The highest BCUT2D eigenvalue weighted by molar-refractivity contribution is 6.31. The minimum atomic E-state index is -0.500. The Kier molecular flexibility index (Phi) is 3.14. The molecular formula is C15H13ClFN3O2. The second-order valence-corrected chi connectivity index (χ2v) is 6.18. The van der Waals surface area contributed by atoms with E-state index < -0.39 is 5.82 Å². The Balaban J connectivity index is 1.55. The topological polar surface area (TPSA) is 59.2 Å². The van der Waals surface area contributed by atoms with Gasteiger partial charge in [0.15, 0.2) is 5.82 Å². The number of amides is 1. The van der Waals surface area contributed by atoms with E-state index in [1.54, 1.807) is 11.0 Å². The van der Waals surface area contributed by atoms with Gasteiger partial charge >= 0.3 is 0 Å². The smallest absolute Gasteiger partial charge is 0.232 e. The highest BCUT2D eigenvalue weighted by Crippen LogP contribution is 2.39. The molecule has 5 nitrogen and oxygen atoms in total. The molecule has 1 aromatic heterocycles. The first-order valence-electron chi connectivity index (χ1n) is 7.20. The summed E-state index contributed by atoms with van der Waals surface area (Å²) in [6.45, 7) is 0.438. The van der Waals surface area contributed by atoms with E-state index in [9.17, 15) is 9.18 Å². The van der Waals surface area contributed by atoms with Gasteiger partial charge in [-0.25, -0.2) is 4.39 Å². The molecule has 2 aliphatic rings. The van der Waals surface area contributed by atoms with Gasteiger partial charge in [-0.1, -0.05) is 16.8 Å². The molecule has 0 spiro atoms. The second-order valence-electron chi connectivity index (χ2n) is 5.77. The van der Waals surface area contributed by atoms with Crippen LogP contribution in [-0.2, 0) is 4.79 Å². The summed E-state index contributed by atoms with van der Waals surface area (Å²) < 4.78 is 18.5. The van der Waals surface area contributed by atoms with Crippen molar-refractivity contribution in [2.24, 2.45) is 0 Å². The first-order valence-corrected chi connectivity index (χ1v) is 7.58. The fourth-order valence-electron chi connectivity index (χ4n) is 2.70. The van der Waals surface area contributed by atoms with Crippen molar-refractivity contribution in [3.05, 3.63) is 40.8 Å². The van der Waals surface area contributed by atoms with Crippen LogP contribution < -0.4 is 4.90 Å². The molecular weight excluding hydrogens is 309 g/mol. The molecule has 2 aromatic rings. The molecule has 22 heavy (non-hydrogen) atoms. The Morgan fingerprint density at radius 3 is 2.86 bits per heavy atom. The van der Waals surface area contributed by atoms with Gasteiger partial charge in [0.1, 0.15) is 5.82 Å². The third-order valence-electron chi connectivity index (χ3n) is 4.09. The van der Waals surface area contributed by atoms with E-state index in [4.69, 9.17) is 16.1 Å².